The summed E-state index contributed by atoms with van der Waals surface area (Å²) in [5.74, 6) is 0.653. The number of nitrogens with one attached hydrogen (secondary N) is 1. The third-order valence-corrected chi connectivity index (χ3v) is 6.78. The second-order valence-corrected chi connectivity index (χ2v) is 8.47. The van der Waals surface area contributed by atoms with E-state index in [9.17, 15) is 8.42 Å². The first-order valence-corrected chi connectivity index (χ1v) is 9.51. The predicted octanol–water partition coefficient (Wildman–Crippen LogP) is 3.03. The lowest BCUT2D eigenvalue weighted by molar-refractivity contribution is 0.331. The van der Waals surface area contributed by atoms with Crippen molar-refractivity contribution < 1.29 is 12.9 Å². The highest BCUT2D eigenvalue weighted by molar-refractivity contribution is 7.91. The van der Waals surface area contributed by atoms with Gasteiger partial charge in [-0.25, -0.2) is 8.42 Å². The summed E-state index contributed by atoms with van der Waals surface area (Å²) in [6.45, 7) is 0. The number of hydrogen-bond donors (Lipinski definition) is 1. The fourth-order valence-electron chi connectivity index (χ4n) is 3.49. The average molecular weight is 331 g/mol. The molecule has 6 nitrogen and oxygen atoms in total. The monoisotopic (exact) mass is 331 g/mol. The van der Waals surface area contributed by atoms with Gasteiger partial charge in [0.05, 0.1) is 0 Å². The molecule has 0 spiro atoms. The number of hydrogen-bond acceptors (Lipinski definition) is 5. The largest absolute Gasteiger partial charge is 0.361 e. The molecule has 2 aromatic heterocycles. The van der Waals surface area contributed by atoms with E-state index in [-0.39, 0.29) is 5.89 Å². The number of nitrogens with zero attached hydrogens (tertiary/aromatic N) is 2. The van der Waals surface area contributed by atoms with Gasteiger partial charge in [0.25, 0.3) is 0 Å². The molecule has 1 aliphatic carbocycles. The zero-order valence-electron chi connectivity index (χ0n) is 12.7. The highest BCUT2D eigenvalue weighted by Crippen LogP contribution is 2.45. The van der Waals surface area contributed by atoms with Crippen molar-refractivity contribution in [3.05, 3.63) is 36.4 Å². The minimum Gasteiger partial charge on any atom is -0.361 e. The molecule has 7 heteroatoms. The van der Waals surface area contributed by atoms with Gasteiger partial charge in [-0.2, -0.15) is 4.98 Å². The molecule has 0 radical (unpaired) electrons. The Kier molecular flexibility index (Phi) is 3.09. The molecule has 4 rings (SSSR count). The van der Waals surface area contributed by atoms with Gasteiger partial charge in [0.15, 0.2) is 14.6 Å². The van der Waals surface area contributed by atoms with Gasteiger partial charge in [0, 0.05) is 28.9 Å². The number of rotatable bonds is 3. The molecule has 0 aliphatic heterocycles. The number of fused-ring (bicyclic) bond motifs is 1. The Bertz CT molecular complexity index is 965. The summed E-state index contributed by atoms with van der Waals surface area (Å²) in [5.41, 5.74) is 1.81. The molecule has 1 aromatic carbocycles. The van der Waals surface area contributed by atoms with E-state index < -0.39 is 14.6 Å². The number of aromatic nitrogens is 3. The second-order valence-electron chi connectivity index (χ2n) is 6.14. The van der Waals surface area contributed by atoms with Crippen LogP contribution >= 0.6 is 0 Å². The Balaban J connectivity index is 1.85. The van der Waals surface area contributed by atoms with Crippen LogP contribution in [0.2, 0.25) is 0 Å². The zero-order valence-corrected chi connectivity index (χ0v) is 13.6. The molecular formula is C16H17N3O3S. The van der Waals surface area contributed by atoms with Crippen LogP contribution in [0, 0.1) is 0 Å². The molecule has 1 fully saturated rings. The van der Waals surface area contributed by atoms with Crippen LogP contribution in [0.1, 0.15) is 31.6 Å². The maximum absolute atomic E-state index is 12.3. The molecule has 0 saturated heterocycles. The van der Waals surface area contributed by atoms with E-state index in [0.717, 1.165) is 29.3 Å². The molecule has 0 atom stereocenters. The Morgan fingerprint density at radius 1 is 1.22 bits per heavy atom. The normalized spacial score (nSPS) is 17.8. The predicted molar refractivity (Wildman–Crippen MR) is 86.6 cm³/mol. The summed E-state index contributed by atoms with van der Waals surface area (Å²) >= 11 is 0. The smallest absolute Gasteiger partial charge is 0.248 e. The summed E-state index contributed by atoms with van der Waals surface area (Å²) in [4.78, 5) is 7.60. The first-order chi connectivity index (χ1) is 11.0. The van der Waals surface area contributed by atoms with Crippen LogP contribution in [0.15, 0.2) is 35.0 Å². The van der Waals surface area contributed by atoms with E-state index in [0.29, 0.717) is 18.7 Å². The summed E-state index contributed by atoms with van der Waals surface area (Å²) in [6.07, 6.45) is 5.92. The summed E-state index contributed by atoms with van der Waals surface area (Å²) in [6, 6.07) is 7.73. The minimum absolute atomic E-state index is 0.222. The van der Waals surface area contributed by atoms with Gasteiger partial charge in [-0.05, 0) is 25.0 Å². The first-order valence-electron chi connectivity index (χ1n) is 7.62. The van der Waals surface area contributed by atoms with Crippen LogP contribution < -0.4 is 0 Å². The van der Waals surface area contributed by atoms with Crippen molar-refractivity contribution in [1.29, 1.82) is 0 Å². The van der Waals surface area contributed by atoms with Gasteiger partial charge < -0.3 is 9.51 Å². The highest BCUT2D eigenvalue weighted by Gasteiger charge is 2.49. The summed E-state index contributed by atoms with van der Waals surface area (Å²) in [7, 11) is -3.32. The summed E-state index contributed by atoms with van der Waals surface area (Å²) in [5, 5.41) is 5.04. The number of aromatic amines is 1. The van der Waals surface area contributed by atoms with E-state index in [1.165, 1.54) is 6.26 Å². The van der Waals surface area contributed by atoms with E-state index in [1.807, 2.05) is 30.5 Å². The van der Waals surface area contributed by atoms with Gasteiger partial charge in [-0.3, -0.25) is 0 Å². The average Bonchev–Trinajstić information content (AvgIpc) is 3.25. The number of benzene rings is 1. The Morgan fingerprint density at radius 2 is 2.00 bits per heavy atom. The Morgan fingerprint density at radius 3 is 2.74 bits per heavy atom. The molecule has 1 N–H and O–H groups in total. The molecule has 23 heavy (non-hydrogen) atoms. The van der Waals surface area contributed by atoms with Crippen LogP contribution in [-0.4, -0.2) is 29.8 Å². The number of sulfone groups is 1. The maximum atomic E-state index is 12.3. The minimum atomic E-state index is -3.32. The van der Waals surface area contributed by atoms with Crippen molar-refractivity contribution in [3.8, 4) is 11.4 Å². The van der Waals surface area contributed by atoms with Crippen molar-refractivity contribution in [2.24, 2.45) is 0 Å². The fraction of sp³-hybridized carbons (Fsp3) is 0.375. The van der Waals surface area contributed by atoms with Crippen LogP contribution in [0.3, 0.4) is 0 Å². The molecule has 1 aliphatic rings. The molecule has 120 valence electrons. The standard InChI is InChI=1S/C16H17N3O3S/c1-23(20,21)16(8-2-3-9-16)15-18-14(19-22-15)12-5-4-6-13-11(12)7-10-17-13/h4-7,10,17H,2-3,8-9H2,1H3. The third-order valence-electron chi connectivity index (χ3n) is 4.77. The molecule has 0 bridgehead atoms. The van der Waals surface area contributed by atoms with Gasteiger partial charge in [-0.1, -0.05) is 30.1 Å². The lowest BCUT2D eigenvalue weighted by atomic mass is 10.1. The van der Waals surface area contributed by atoms with E-state index in [4.69, 9.17) is 4.52 Å². The van der Waals surface area contributed by atoms with Crippen LogP contribution in [0.5, 0.6) is 0 Å². The van der Waals surface area contributed by atoms with Gasteiger partial charge in [0.2, 0.25) is 11.7 Å². The van der Waals surface area contributed by atoms with Crippen molar-refractivity contribution in [3.63, 3.8) is 0 Å². The Labute approximate surface area is 133 Å². The van der Waals surface area contributed by atoms with Crippen molar-refractivity contribution in [2.75, 3.05) is 6.26 Å². The summed E-state index contributed by atoms with van der Waals surface area (Å²) < 4.78 is 29.1. The molecule has 3 aromatic rings. The fourth-order valence-corrected chi connectivity index (χ4v) is 4.92. The highest BCUT2D eigenvalue weighted by atomic mass is 32.2. The second kappa shape index (κ2) is 4.92. The number of H-pyrrole nitrogens is 1. The van der Waals surface area contributed by atoms with Gasteiger partial charge in [0.1, 0.15) is 0 Å². The Hall–Kier alpha value is -2.15. The van der Waals surface area contributed by atoms with E-state index in [1.54, 1.807) is 0 Å². The molecule has 0 amide bonds. The van der Waals surface area contributed by atoms with E-state index >= 15 is 0 Å². The third kappa shape index (κ3) is 2.10. The van der Waals surface area contributed by atoms with Crippen molar-refractivity contribution >= 4 is 20.7 Å². The molecule has 2 heterocycles. The van der Waals surface area contributed by atoms with Crippen LogP contribution in [0.4, 0.5) is 0 Å². The van der Waals surface area contributed by atoms with Gasteiger partial charge in [-0.15, -0.1) is 0 Å². The molecular weight excluding hydrogens is 314 g/mol. The SMILES string of the molecule is CS(=O)(=O)C1(c2nc(-c3cccc4[nH]ccc34)no2)CCCC1. The van der Waals surface area contributed by atoms with Crippen molar-refractivity contribution in [1.82, 2.24) is 15.1 Å². The van der Waals surface area contributed by atoms with E-state index in [2.05, 4.69) is 15.1 Å². The zero-order chi connectivity index (χ0) is 16.1. The first kappa shape index (κ1) is 14.4. The van der Waals surface area contributed by atoms with Crippen LogP contribution in [0.25, 0.3) is 22.3 Å². The lowest BCUT2D eigenvalue weighted by Gasteiger charge is -2.21. The maximum Gasteiger partial charge on any atom is 0.248 e. The molecule has 1 saturated carbocycles. The van der Waals surface area contributed by atoms with Crippen LogP contribution in [-0.2, 0) is 14.6 Å². The lowest BCUT2D eigenvalue weighted by Crippen LogP contribution is -2.32. The van der Waals surface area contributed by atoms with Crippen molar-refractivity contribution in [2.45, 2.75) is 30.4 Å². The quantitative estimate of drug-likeness (QED) is 0.797. The topological polar surface area (TPSA) is 88.9 Å². The molecule has 0 unspecified atom stereocenters. The van der Waals surface area contributed by atoms with Gasteiger partial charge >= 0.3 is 0 Å².